The van der Waals surface area contributed by atoms with E-state index < -0.39 is 0 Å². The number of hydrogen-bond donors (Lipinski definition) is 1. The number of imidazole rings is 1. The molecule has 0 aliphatic rings. The van der Waals surface area contributed by atoms with Crippen LogP contribution in [0.1, 0.15) is 19.8 Å². The first-order valence-corrected chi connectivity index (χ1v) is 5.54. The normalized spacial score (nSPS) is 13.2. The Morgan fingerprint density at radius 1 is 1.69 bits per heavy atom. The zero-order chi connectivity index (χ0) is 9.68. The molecular weight excluding hydrogens is 182 g/mol. The van der Waals surface area contributed by atoms with Gasteiger partial charge < -0.3 is 10.3 Å². The van der Waals surface area contributed by atoms with Gasteiger partial charge in [-0.25, -0.2) is 4.98 Å². The van der Waals surface area contributed by atoms with E-state index in [2.05, 4.69) is 4.98 Å². The molecule has 0 fully saturated rings. The first-order valence-electron chi connectivity index (χ1n) is 4.56. The van der Waals surface area contributed by atoms with Crippen LogP contribution >= 0.6 is 11.8 Å². The SMILES string of the molecule is CC(N)CCCSc1nccn1C. The summed E-state index contributed by atoms with van der Waals surface area (Å²) < 4.78 is 2.04. The average Bonchev–Trinajstić information content (AvgIpc) is 2.45. The van der Waals surface area contributed by atoms with Crippen molar-refractivity contribution in [3.8, 4) is 0 Å². The second kappa shape index (κ2) is 5.29. The predicted octanol–water partition coefficient (Wildman–Crippen LogP) is 1.64. The average molecular weight is 199 g/mol. The van der Waals surface area contributed by atoms with E-state index in [1.54, 1.807) is 11.8 Å². The molecule has 1 heterocycles. The Labute approximate surface area is 83.7 Å². The molecule has 1 aromatic heterocycles. The summed E-state index contributed by atoms with van der Waals surface area (Å²) in [5.41, 5.74) is 5.65. The van der Waals surface area contributed by atoms with Gasteiger partial charge in [0.05, 0.1) is 0 Å². The van der Waals surface area contributed by atoms with Crippen molar-refractivity contribution in [1.82, 2.24) is 9.55 Å². The highest BCUT2D eigenvalue weighted by molar-refractivity contribution is 7.99. The highest BCUT2D eigenvalue weighted by Crippen LogP contribution is 2.16. The number of thioether (sulfide) groups is 1. The molecule has 1 aromatic rings. The Bertz CT molecular complexity index is 245. The largest absolute Gasteiger partial charge is 0.329 e. The highest BCUT2D eigenvalue weighted by Gasteiger charge is 2.00. The van der Waals surface area contributed by atoms with E-state index in [1.165, 1.54) is 0 Å². The maximum Gasteiger partial charge on any atom is 0.167 e. The Balaban J connectivity index is 2.17. The van der Waals surface area contributed by atoms with Gasteiger partial charge in [-0.15, -0.1) is 0 Å². The minimum absolute atomic E-state index is 0.321. The number of nitrogens with zero attached hydrogens (tertiary/aromatic N) is 2. The molecule has 0 saturated heterocycles. The summed E-state index contributed by atoms with van der Waals surface area (Å²) in [6.07, 6.45) is 6.05. The molecule has 0 radical (unpaired) electrons. The zero-order valence-electron chi connectivity index (χ0n) is 8.23. The van der Waals surface area contributed by atoms with Crippen molar-refractivity contribution in [2.75, 3.05) is 5.75 Å². The summed E-state index contributed by atoms with van der Waals surface area (Å²) in [6, 6.07) is 0.321. The van der Waals surface area contributed by atoms with Crippen LogP contribution in [0.5, 0.6) is 0 Å². The van der Waals surface area contributed by atoms with Gasteiger partial charge in [0.2, 0.25) is 0 Å². The summed E-state index contributed by atoms with van der Waals surface area (Å²) in [7, 11) is 2.01. The fourth-order valence-electron chi connectivity index (χ4n) is 1.06. The van der Waals surface area contributed by atoms with Crippen LogP contribution in [-0.2, 0) is 7.05 Å². The van der Waals surface area contributed by atoms with E-state index in [0.29, 0.717) is 6.04 Å². The van der Waals surface area contributed by atoms with Crippen LogP contribution in [0.15, 0.2) is 17.6 Å². The zero-order valence-corrected chi connectivity index (χ0v) is 9.05. The van der Waals surface area contributed by atoms with Gasteiger partial charge >= 0.3 is 0 Å². The molecule has 0 aliphatic heterocycles. The highest BCUT2D eigenvalue weighted by atomic mass is 32.2. The van der Waals surface area contributed by atoms with Crippen molar-refractivity contribution >= 4 is 11.8 Å². The molecule has 1 atom stereocenters. The molecule has 0 saturated carbocycles. The van der Waals surface area contributed by atoms with Crippen molar-refractivity contribution in [1.29, 1.82) is 0 Å². The molecule has 1 unspecified atom stereocenters. The number of rotatable bonds is 5. The van der Waals surface area contributed by atoms with Gasteiger partial charge in [-0.05, 0) is 19.8 Å². The molecule has 0 bridgehead atoms. The summed E-state index contributed by atoms with van der Waals surface area (Å²) in [5.74, 6) is 1.10. The fraction of sp³-hybridized carbons (Fsp3) is 0.667. The maximum atomic E-state index is 5.65. The van der Waals surface area contributed by atoms with E-state index in [1.807, 2.05) is 30.9 Å². The van der Waals surface area contributed by atoms with Gasteiger partial charge in [0.15, 0.2) is 5.16 Å². The minimum atomic E-state index is 0.321. The molecule has 2 N–H and O–H groups in total. The third-order valence-corrected chi connectivity index (χ3v) is 2.96. The van der Waals surface area contributed by atoms with Crippen LogP contribution < -0.4 is 5.73 Å². The van der Waals surface area contributed by atoms with Crippen LogP contribution in [0, 0.1) is 0 Å². The van der Waals surface area contributed by atoms with Gasteiger partial charge in [0.1, 0.15) is 0 Å². The van der Waals surface area contributed by atoms with E-state index in [4.69, 9.17) is 5.73 Å². The Morgan fingerprint density at radius 3 is 3.00 bits per heavy atom. The third-order valence-electron chi connectivity index (χ3n) is 1.81. The second-order valence-electron chi connectivity index (χ2n) is 3.29. The van der Waals surface area contributed by atoms with Gasteiger partial charge in [-0.3, -0.25) is 0 Å². The van der Waals surface area contributed by atoms with E-state index >= 15 is 0 Å². The topological polar surface area (TPSA) is 43.8 Å². The molecule has 3 nitrogen and oxygen atoms in total. The Hall–Kier alpha value is -0.480. The standard InChI is InChI=1S/C9H17N3S/c1-8(10)4-3-7-13-9-11-5-6-12(9)2/h5-6,8H,3-4,7,10H2,1-2H3. The van der Waals surface area contributed by atoms with Crippen LogP contribution in [0.3, 0.4) is 0 Å². The van der Waals surface area contributed by atoms with Crippen LogP contribution in [0.4, 0.5) is 0 Å². The van der Waals surface area contributed by atoms with Crippen LogP contribution in [0.25, 0.3) is 0 Å². The summed E-state index contributed by atoms with van der Waals surface area (Å²) >= 11 is 1.79. The lowest BCUT2D eigenvalue weighted by molar-refractivity contribution is 0.655. The van der Waals surface area contributed by atoms with Crippen molar-refractivity contribution in [3.63, 3.8) is 0 Å². The van der Waals surface area contributed by atoms with Gasteiger partial charge in [0, 0.05) is 31.2 Å². The maximum absolute atomic E-state index is 5.65. The second-order valence-corrected chi connectivity index (χ2v) is 4.35. The third kappa shape index (κ3) is 3.83. The van der Waals surface area contributed by atoms with Crippen molar-refractivity contribution in [3.05, 3.63) is 12.4 Å². The van der Waals surface area contributed by atoms with Gasteiger partial charge in [-0.1, -0.05) is 11.8 Å². The van der Waals surface area contributed by atoms with Gasteiger partial charge in [-0.2, -0.15) is 0 Å². The quantitative estimate of drug-likeness (QED) is 0.579. The first kappa shape index (κ1) is 10.6. The molecule has 1 rings (SSSR count). The van der Waals surface area contributed by atoms with Crippen LogP contribution in [-0.4, -0.2) is 21.3 Å². The summed E-state index contributed by atoms with van der Waals surface area (Å²) in [6.45, 7) is 2.05. The predicted molar refractivity (Wildman–Crippen MR) is 56.8 cm³/mol. The number of nitrogens with two attached hydrogens (primary N) is 1. The van der Waals surface area contributed by atoms with E-state index in [0.717, 1.165) is 23.8 Å². The molecular formula is C9H17N3S. The van der Waals surface area contributed by atoms with Gasteiger partial charge in [0.25, 0.3) is 0 Å². The molecule has 0 aromatic carbocycles. The Kier molecular flexibility index (Phi) is 4.32. The van der Waals surface area contributed by atoms with Crippen molar-refractivity contribution < 1.29 is 0 Å². The number of hydrogen-bond acceptors (Lipinski definition) is 3. The summed E-state index contributed by atoms with van der Waals surface area (Å²) in [5, 5.41) is 1.09. The molecule has 0 amide bonds. The molecule has 4 heteroatoms. The monoisotopic (exact) mass is 199 g/mol. The lowest BCUT2D eigenvalue weighted by Crippen LogP contribution is -2.14. The molecule has 74 valence electrons. The Morgan fingerprint density at radius 2 is 2.46 bits per heavy atom. The minimum Gasteiger partial charge on any atom is -0.329 e. The molecule has 0 spiro atoms. The van der Waals surface area contributed by atoms with Crippen LogP contribution in [0.2, 0.25) is 0 Å². The van der Waals surface area contributed by atoms with E-state index in [-0.39, 0.29) is 0 Å². The smallest absolute Gasteiger partial charge is 0.167 e. The van der Waals surface area contributed by atoms with Crippen molar-refractivity contribution in [2.24, 2.45) is 12.8 Å². The van der Waals surface area contributed by atoms with E-state index in [9.17, 15) is 0 Å². The summed E-state index contributed by atoms with van der Waals surface area (Å²) in [4.78, 5) is 4.23. The van der Waals surface area contributed by atoms with Crippen molar-refractivity contribution in [2.45, 2.75) is 31.0 Å². The lowest BCUT2D eigenvalue weighted by atomic mass is 10.2. The fourth-order valence-corrected chi connectivity index (χ4v) is 1.95. The molecule has 13 heavy (non-hydrogen) atoms. The first-order chi connectivity index (χ1) is 6.20. The number of aryl methyl sites for hydroxylation is 1. The lowest BCUT2D eigenvalue weighted by Gasteiger charge is -2.04. The molecule has 0 aliphatic carbocycles. The number of aromatic nitrogens is 2.